The second kappa shape index (κ2) is 6.22. The topological polar surface area (TPSA) is 49.9 Å². The zero-order chi connectivity index (χ0) is 15.6. The Morgan fingerprint density at radius 2 is 1.86 bits per heavy atom. The van der Waals surface area contributed by atoms with E-state index >= 15 is 0 Å². The molecule has 1 saturated heterocycles. The predicted molar refractivity (Wildman–Crippen MR) is 76.5 cm³/mol. The maximum absolute atomic E-state index is 13.0. The third-order valence-corrected chi connectivity index (χ3v) is 3.32. The first kappa shape index (κ1) is 15.4. The smallest absolute Gasteiger partial charge is 0.332 e. The van der Waals surface area contributed by atoms with Crippen LogP contribution in [0.15, 0.2) is 24.3 Å². The summed E-state index contributed by atoms with van der Waals surface area (Å²) >= 11 is 0. The van der Waals surface area contributed by atoms with Crippen LogP contribution < -0.4 is 4.90 Å². The van der Waals surface area contributed by atoms with E-state index in [0.717, 1.165) is 0 Å². The molecule has 1 aromatic rings. The quantitative estimate of drug-likeness (QED) is 0.784. The van der Waals surface area contributed by atoms with E-state index in [0.29, 0.717) is 12.3 Å². The van der Waals surface area contributed by atoms with Gasteiger partial charge in [-0.2, -0.15) is 0 Å². The Morgan fingerprint density at radius 3 is 2.43 bits per heavy atom. The van der Waals surface area contributed by atoms with E-state index in [-0.39, 0.29) is 24.4 Å². The molecule has 0 aromatic heterocycles. The molecule has 1 aliphatic rings. The highest BCUT2D eigenvalue weighted by Gasteiger charge is 2.42. The standard InChI is InChI=1S/C15H19FN2O3/c1-10(2)21-9-8-17-14(19)11(3)18(15(17)20)13-6-4-12(16)5-7-13/h4-7,10-11H,8-9H2,1-3H3. The van der Waals surface area contributed by atoms with Crippen LogP contribution in [-0.2, 0) is 9.53 Å². The number of ether oxygens (including phenoxy) is 1. The summed E-state index contributed by atoms with van der Waals surface area (Å²) < 4.78 is 18.3. The van der Waals surface area contributed by atoms with Crippen LogP contribution in [0, 0.1) is 5.82 Å². The van der Waals surface area contributed by atoms with Crippen molar-refractivity contribution < 1.29 is 18.7 Å². The molecule has 114 valence electrons. The number of amides is 3. The van der Waals surface area contributed by atoms with Crippen LogP contribution in [0.3, 0.4) is 0 Å². The normalized spacial score (nSPS) is 19.0. The van der Waals surface area contributed by atoms with Crippen LogP contribution in [-0.4, -0.2) is 42.1 Å². The minimum Gasteiger partial charge on any atom is -0.377 e. The molecule has 1 aromatic carbocycles. The molecular formula is C15H19FN2O3. The number of rotatable bonds is 5. The molecular weight excluding hydrogens is 275 g/mol. The maximum atomic E-state index is 13.0. The number of hydrogen-bond acceptors (Lipinski definition) is 3. The number of imide groups is 1. The minimum absolute atomic E-state index is 0.0448. The summed E-state index contributed by atoms with van der Waals surface area (Å²) in [7, 11) is 0. The fourth-order valence-corrected chi connectivity index (χ4v) is 2.25. The van der Waals surface area contributed by atoms with Gasteiger partial charge >= 0.3 is 6.03 Å². The van der Waals surface area contributed by atoms with Gasteiger partial charge in [-0.25, -0.2) is 9.18 Å². The molecule has 0 N–H and O–H groups in total. The van der Waals surface area contributed by atoms with Gasteiger partial charge in [-0.05, 0) is 45.0 Å². The fourth-order valence-electron chi connectivity index (χ4n) is 2.25. The fraction of sp³-hybridized carbons (Fsp3) is 0.467. The maximum Gasteiger partial charge on any atom is 0.332 e. The Balaban J connectivity index is 2.12. The van der Waals surface area contributed by atoms with Crippen molar-refractivity contribution in [3.63, 3.8) is 0 Å². The molecule has 0 aliphatic carbocycles. The number of halogens is 1. The van der Waals surface area contributed by atoms with Crippen LogP contribution in [0.4, 0.5) is 14.9 Å². The minimum atomic E-state index is -0.595. The summed E-state index contributed by atoms with van der Waals surface area (Å²) in [5, 5.41) is 0. The average molecular weight is 294 g/mol. The Hall–Kier alpha value is -1.95. The predicted octanol–water partition coefficient (Wildman–Crippen LogP) is 2.41. The molecule has 21 heavy (non-hydrogen) atoms. The monoisotopic (exact) mass is 294 g/mol. The molecule has 5 nitrogen and oxygen atoms in total. The van der Waals surface area contributed by atoms with Crippen molar-refractivity contribution in [2.45, 2.75) is 32.9 Å². The molecule has 0 radical (unpaired) electrons. The summed E-state index contributed by atoms with van der Waals surface area (Å²) in [5.41, 5.74) is 0.509. The van der Waals surface area contributed by atoms with E-state index in [1.54, 1.807) is 6.92 Å². The number of nitrogens with zero attached hydrogens (tertiary/aromatic N) is 2. The van der Waals surface area contributed by atoms with Crippen LogP contribution in [0.25, 0.3) is 0 Å². The lowest BCUT2D eigenvalue weighted by atomic mass is 10.2. The molecule has 1 fully saturated rings. The van der Waals surface area contributed by atoms with Gasteiger partial charge in [0.25, 0.3) is 5.91 Å². The van der Waals surface area contributed by atoms with E-state index in [9.17, 15) is 14.0 Å². The molecule has 1 aliphatic heterocycles. The van der Waals surface area contributed by atoms with Crippen LogP contribution in [0.2, 0.25) is 0 Å². The first-order chi connectivity index (χ1) is 9.91. The number of urea groups is 1. The Labute approximate surface area is 123 Å². The van der Waals surface area contributed by atoms with Gasteiger partial charge in [0, 0.05) is 5.69 Å². The van der Waals surface area contributed by atoms with E-state index in [2.05, 4.69) is 0 Å². The number of hydrogen-bond donors (Lipinski definition) is 0. The summed E-state index contributed by atoms with van der Waals surface area (Å²) in [5.74, 6) is -0.650. The second-order valence-corrected chi connectivity index (χ2v) is 5.21. The SMILES string of the molecule is CC(C)OCCN1C(=O)C(C)N(c2ccc(F)cc2)C1=O. The van der Waals surface area contributed by atoms with Gasteiger partial charge in [0.2, 0.25) is 0 Å². The first-order valence-corrected chi connectivity index (χ1v) is 6.93. The molecule has 1 unspecified atom stereocenters. The van der Waals surface area contributed by atoms with Gasteiger partial charge < -0.3 is 4.74 Å². The lowest BCUT2D eigenvalue weighted by Gasteiger charge is -2.19. The Bertz CT molecular complexity index is 530. The Morgan fingerprint density at radius 1 is 1.24 bits per heavy atom. The molecule has 0 bridgehead atoms. The summed E-state index contributed by atoms with van der Waals surface area (Å²) in [6.07, 6.45) is 0.0448. The van der Waals surface area contributed by atoms with Crippen molar-refractivity contribution in [2.24, 2.45) is 0 Å². The van der Waals surface area contributed by atoms with Crippen molar-refractivity contribution in [3.05, 3.63) is 30.1 Å². The second-order valence-electron chi connectivity index (χ2n) is 5.21. The average Bonchev–Trinajstić information content (AvgIpc) is 2.64. The molecule has 0 spiro atoms. The highest BCUT2D eigenvalue weighted by Crippen LogP contribution is 2.25. The molecule has 0 saturated carbocycles. The Kier molecular flexibility index (Phi) is 4.57. The van der Waals surface area contributed by atoms with Crippen LogP contribution in [0.5, 0.6) is 0 Å². The molecule has 6 heteroatoms. The number of carbonyl (C=O) groups is 2. The summed E-state index contributed by atoms with van der Waals surface area (Å²) in [4.78, 5) is 27.1. The van der Waals surface area contributed by atoms with Crippen molar-refractivity contribution >= 4 is 17.6 Å². The van der Waals surface area contributed by atoms with E-state index in [4.69, 9.17) is 4.74 Å². The van der Waals surface area contributed by atoms with Crippen molar-refractivity contribution in [2.75, 3.05) is 18.1 Å². The van der Waals surface area contributed by atoms with Gasteiger partial charge in [-0.3, -0.25) is 14.6 Å². The van der Waals surface area contributed by atoms with Crippen LogP contribution in [0.1, 0.15) is 20.8 Å². The molecule has 3 amide bonds. The van der Waals surface area contributed by atoms with Gasteiger partial charge in [0.1, 0.15) is 11.9 Å². The van der Waals surface area contributed by atoms with Crippen molar-refractivity contribution in [1.82, 2.24) is 4.90 Å². The number of benzene rings is 1. The van der Waals surface area contributed by atoms with Gasteiger partial charge in [0.05, 0.1) is 19.3 Å². The third-order valence-electron chi connectivity index (χ3n) is 3.32. The number of anilines is 1. The van der Waals surface area contributed by atoms with Crippen molar-refractivity contribution in [1.29, 1.82) is 0 Å². The molecule has 2 rings (SSSR count). The lowest BCUT2D eigenvalue weighted by molar-refractivity contribution is -0.127. The van der Waals surface area contributed by atoms with Gasteiger partial charge in [-0.1, -0.05) is 0 Å². The van der Waals surface area contributed by atoms with Gasteiger partial charge in [-0.15, -0.1) is 0 Å². The number of carbonyl (C=O) groups excluding carboxylic acids is 2. The largest absolute Gasteiger partial charge is 0.377 e. The molecule has 1 atom stereocenters. The summed E-state index contributed by atoms with van der Waals surface area (Å²) in [6, 6.07) is 4.53. The van der Waals surface area contributed by atoms with Crippen molar-refractivity contribution in [3.8, 4) is 0 Å². The van der Waals surface area contributed by atoms with E-state index < -0.39 is 12.1 Å². The third kappa shape index (κ3) is 3.21. The zero-order valence-corrected chi connectivity index (χ0v) is 12.4. The lowest BCUT2D eigenvalue weighted by Crippen LogP contribution is -2.36. The highest BCUT2D eigenvalue weighted by molar-refractivity contribution is 6.14. The van der Waals surface area contributed by atoms with Gasteiger partial charge in [0.15, 0.2) is 0 Å². The first-order valence-electron chi connectivity index (χ1n) is 6.93. The van der Waals surface area contributed by atoms with Crippen LogP contribution >= 0.6 is 0 Å². The van der Waals surface area contributed by atoms with E-state index in [1.807, 2.05) is 13.8 Å². The zero-order valence-electron chi connectivity index (χ0n) is 12.4. The summed E-state index contributed by atoms with van der Waals surface area (Å²) in [6.45, 7) is 5.96. The van der Waals surface area contributed by atoms with E-state index in [1.165, 1.54) is 34.1 Å². The molecule has 1 heterocycles. The highest BCUT2D eigenvalue weighted by atomic mass is 19.1.